The van der Waals surface area contributed by atoms with Crippen LogP contribution in [0.5, 0.6) is 0 Å². The number of carboxylic acids is 1. The third-order valence-electron chi connectivity index (χ3n) is 2.76. The molecule has 1 heterocycles. The van der Waals surface area contributed by atoms with E-state index in [1.54, 1.807) is 0 Å². The van der Waals surface area contributed by atoms with E-state index in [0.717, 1.165) is 5.56 Å². The maximum Gasteiger partial charge on any atom is 0.408 e. The van der Waals surface area contributed by atoms with Gasteiger partial charge in [-0.3, -0.25) is 0 Å². The predicted molar refractivity (Wildman–Crippen MR) is 92.3 cm³/mol. The zero-order valence-electron chi connectivity index (χ0n) is 12.3. The third kappa shape index (κ3) is 6.34. The van der Waals surface area contributed by atoms with Crippen LogP contribution in [0.2, 0.25) is 4.47 Å². The van der Waals surface area contributed by atoms with Crippen LogP contribution in [0.15, 0.2) is 30.3 Å². The summed E-state index contributed by atoms with van der Waals surface area (Å²) >= 11 is 8.22. The number of carbonyl (C=O) groups excluding carboxylic acids is 1. The minimum absolute atomic E-state index is 0.0788. The van der Waals surface area contributed by atoms with Gasteiger partial charge in [0.15, 0.2) is 0 Å². The zero-order chi connectivity index (χ0) is 17.4. The molecule has 0 fully saturated rings. The summed E-state index contributed by atoms with van der Waals surface area (Å²) in [6, 6.07) is 8.07. The first-order valence-corrected chi connectivity index (χ1v) is 9.15. The van der Waals surface area contributed by atoms with Crippen LogP contribution in [0, 0.1) is 0 Å². The van der Waals surface area contributed by atoms with Gasteiger partial charge in [-0.1, -0.05) is 41.7 Å². The summed E-state index contributed by atoms with van der Waals surface area (Å²) in [7, 11) is 0. The van der Waals surface area contributed by atoms with E-state index in [4.69, 9.17) is 16.3 Å². The number of halogens is 1. The Kier molecular flexibility index (Phi) is 7.29. The Balaban J connectivity index is 1.75. The molecule has 0 spiro atoms. The first kappa shape index (κ1) is 18.5. The average Bonchev–Trinajstić information content (AvgIpc) is 2.98. The fraction of sp³-hybridized carbons (Fsp3) is 0.286. The number of hydrogen-bond donors (Lipinski definition) is 2. The molecule has 0 aliphatic heterocycles. The van der Waals surface area contributed by atoms with Crippen molar-refractivity contribution in [2.45, 2.75) is 18.4 Å². The van der Waals surface area contributed by atoms with Crippen molar-refractivity contribution in [3.63, 3.8) is 0 Å². The van der Waals surface area contributed by atoms with Crippen molar-refractivity contribution in [3.8, 4) is 0 Å². The van der Waals surface area contributed by atoms with Gasteiger partial charge < -0.3 is 15.2 Å². The number of nitrogens with zero attached hydrogens (tertiary/aromatic N) is 2. The van der Waals surface area contributed by atoms with Gasteiger partial charge in [0, 0.05) is 11.5 Å². The number of rotatable bonds is 8. The van der Waals surface area contributed by atoms with Crippen molar-refractivity contribution in [1.82, 2.24) is 15.5 Å². The number of alkyl carbamates (subject to hydrolysis) is 1. The summed E-state index contributed by atoms with van der Waals surface area (Å²) in [5.74, 6) is -0.489. The van der Waals surface area contributed by atoms with Crippen LogP contribution in [0.25, 0.3) is 0 Å². The van der Waals surface area contributed by atoms with Crippen LogP contribution >= 0.6 is 34.7 Å². The lowest BCUT2D eigenvalue weighted by Gasteiger charge is -2.14. The lowest BCUT2D eigenvalue weighted by atomic mass is 10.2. The summed E-state index contributed by atoms with van der Waals surface area (Å²) in [6.45, 7) is 0.0788. The quantitative estimate of drug-likeness (QED) is 0.718. The highest BCUT2D eigenvalue weighted by Gasteiger charge is 2.21. The van der Waals surface area contributed by atoms with E-state index in [2.05, 4.69) is 15.5 Å². The number of aliphatic carboxylic acids is 1. The molecule has 0 saturated carbocycles. The van der Waals surface area contributed by atoms with Crippen LogP contribution in [0.3, 0.4) is 0 Å². The Morgan fingerprint density at radius 1 is 1.33 bits per heavy atom. The number of amides is 1. The smallest absolute Gasteiger partial charge is 0.408 e. The molecule has 0 aliphatic carbocycles. The molecular formula is C14H14ClN3O4S2. The van der Waals surface area contributed by atoms with Crippen molar-refractivity contribution < 1.29 is 19.4 Å². The lowest BCUT2D eigenvalue weighted by Crippen LogP contribution is -2.42. The number of hydrogen-bond acceptors (Lipinski definition) is 7. The number of aromatic nitrogens is 2. The Bertz CT molecular complexity index is 684. The molecule has 24 heavy (non-hydrogen) atoms. The molecule has 0 saturated heterocycles. The van der Waals surface area contributed by atoms with Crippen molar-refractivity contribution in [2.75, 3.05) is 5.75 Å². The van der Waals surface area contributed by atoms with E-state index in [-0.39, 0.29) is 12.4 Å². The molecular weight excluding hydrogens is 374 g/mol. The van der Waals surface area contributed by atoms with Gasteiger partial charge in [-0.15, -0.1) is 10.2 Å². The van der Waals surface area contributed by atoms with Gasteiger partial charge in [0.05, 0.1) is 0 Å². The molecule has 2 N–H and O–H groups in total. The second-order valence-electron chi connectivity index (χ2n) is 4.56. The molecule has 7 nitrogen and oxygen atoms in total. The summed E-state index contributed by atoms with van der Waals surface area (Å²) in [5, 5.41) is 19.7. The normalized spacial score (nSPS) is 11.7. The number of nitrogens with one attached hydrogen (secondary N) is 1. The zero-order valence-corrected chi connectivity index (χ0v) is 14.7. The van der Waals surface area contributed by atoms with E-state index in [1.807, 2.05) is 30.3 Å². The van der Waals surface area contributed by atoms with Gasteiger partial charge in [0.2, 0.25) is 4.47 Å². The third-order valence-corrected chi connectivity index (χ3v) is 5.00. The van der Waals surface area contributed by atoms with Gasteiger partial charge >= 0.3 is 12.1 Å². The highest BCUT2D eigenvalue weighted by molar-refractivity contribution is 7.98. The van der Waals surface area contributed by atoms with E-state index in [9.17, 15) is 14.7 Å². The molecule has 0 aliphatic rings. The molecule has 1 aromatic heterocycles. The topological polar surface area (TPSA) is 101 Å². The Morgan fingerprint density at radius 3 is 2.71 bits per heavy atom. The lowest BCUT2D eigenvalue weighted by molar-refractivity contribution is -0.138. The molecule has 1 aromatic carbocycles. The van der Waals surface area contributed by atoms with Crippen molar-refractivity contribution in [3.05, 3.63) is 45.4 Å². The summed E-state index contributed by atoms with van der Waals surface area (Å²) in [6.07, 6.45) is -0.772. The van der Waals surface area contributed by atoms with Crippen LogP contribution < -0.4 is 5.32 Å². The summed E-state index contributed by atoms with van der Waals surface area (Å²) in [4.78, 5) is 22.9. The fourth-order valence-electron chi connectivity index (χ4n) is 1.64. The van der Waals surface area contributed by atoms with Crippen LogP contribution in [0.4, 0.5) is 4.79 Å². The van der Waals surface area contributed by atoms with Gasteiger partial charge in [0.1, 0.15) is 17.7 Å². The molecule has 10 heteroatoms. The maximum atomic E-state index is 11.7. The van der Waals surface area contributed by atoms with E-state index < -0.39 is 18.1 Å². The van der Waals surface area contributed by atoms with Gasteiger partial charge in [0.25, 0.3) is 0 Å². The first-order chi connectivity index (χ1) is 11.5. The molecule has 1 unspecified atom stereocenters. The summed E-state index contributed by atoms with van der Waals surface area (Å²) in [5.41, 5.74) is 0.821. The second kappa shape index (κ2) is 9.45. The number of carboxylic acid groups (broad SMARTS) is 1. The van der Waals surface area contributed by atoms with Crippen molar-refractivity contribution in [1.29, 1.82) is 0 Å². The van der Waals surface area contributed by atoms with E-state index >= 15 is 0 Å². The van der Waals surface area contributed by atoms with E-state index in [0.29, 0.717) is 15.2 Å². The standard InChI is InChI=1S/C14H14ClN3O4S2/c15-13-18-17-11(24-13)8-23-7-10(12(19)20)16-14(21)22-6-9-4-2-1-3-5-9/h1-5,10H,6-8H2,(H,16,21)(H,19,20). The molecule has 2 rings (SSSR count). The number of benzene rings is 1. The van der Waals surface area contributed by atoms with Gasteiger partial charge in [-0.05, 0) is 17.2 Å². The van der Waals surface area contributed by atoms with Gasteiger partial charge in [-0.25, -0.2) is 9.59 Å². The maximum absolute atomic E-state index is 11.7. The van der Waals surface area contributed by atoms with Crippen molar-refractivity contribution in [2.24, 2.45) is 0 Å². The number of ether oxygens (including phenoxy) is 1. The minimum atomic E-state index is -1.13. The monoisotopic (exact) mass is 387 g/mol. The highest BCUT2D eigenvalue weighted by Crippen LogP contribution is 2.20. The number of thioether (sulfide) groups is 1. The Morgan fingerprint density at radius 2 is 2.08 bits per heavy atom. The second-order valence-corrected chi connectivity index (χ2v) is 7.24. The SMILES string of the molecule is O=C(NC(CSCc1nnc(Cl)s1)C(=O)O)OCc1ccccc1. The predicted octanol–water partition coefficient (Wildman–Crippen LogP) is 2.80. The first-order valence-electron chi connectivity index (χ1n) is 6.80. The number of carbonyl (C=O) groups is 2. The molecule has 1 amide bonds. The van der Waals surface area contributed by atoms with Crippen LogP contribution in [-0.4, -0.2) is 39.2 Å². The highest BCUT2D eigenvalue weighted by atomic mass is 35.5. The largest absolute Gasteiger partial charge is 0.480 e. The Hall–Kier alpha value is -1.84. The Labute approximate surface area is 151 Å². The van der Waals surface area contributed by atoms with E-state index in [1.165, 1.54) is 23.1 Å². The van der Waals surface area contributed by atoms with Crippen molar-refractivity contribution >= 4 is 46.8 Å². The van der Waals surface area contributed by atoms with Crippen LogP contribution in [-0.2, 0) is 21.9 Å². The molecule has 0 bridgehead atoms. The van der Waals surface area contributed by atoms with Gasteiger partial charge in [-0.2, -0.15) is 11.8 Å². The molecule has 128 valence electrons. The molecule has 1 atom stereocenters. The molecule has 0 radical (unpaired) electrons. The average molecular weight is 388 g/mol. The fourth-order valence-corrected chi connectivity index (χ4v) is 3.60. The minimum Gasteiger partial charge on any atom is -0.480 e. The summed E-state index contributed by atoms with van der Waals surface area (Å²) < 4.78 is 5.35. The molecule has 2 aromatic rings. The van der Waals surface area contributed by atoms with Crippen LogP contribution in [0.1, 0.15) is 10.6 Å².